The van der Waals surface area contributed by atoms with Gasteiger partial charge in [0.15, 0.2) is 24.7 Å². The summed E-state index contributed by atoms with van der Waals surface area (Å²) in [6, 6.07) is 6.99. The molecule has 1 aromatic carbocycles. The van der Waals surface area contributed by atoms with Crippen LogP contribution in [-0.4, -0.2) is 41.8 Å². The molecule has 0 bridgehead atoms. The Morgan fingerprint density at radius 2 is 1.12 bits per heavy atom. The zero-order valence-corrected chi connectivity index (χ0v) is 24.4. The van der Waals surface area contributed by atoms with Crippen LogP contribution in [0.1, 0.15) is 62.3 Å². The molecule has 33 heavy (non-hydrogen) atoms. The van der Waals surface area contributed by atoms with Crippen LogP contribution in [0, 0.1) is 0 Å². The van der Waals surface area contributed by atoms with Crippen molar-refractivity contribution in [2.24, 2.45) is 0 Å². The van der Waals surface area contributed by atoms with Gasteiger partial charge in [0, 0.05) is 0 Å². The van der Waals surface area contributed by atoms with E-state index in [9.17, 15) is 9.59 Å². The second kappa shape index (κ2) is 11.6. The lowest BCUT2D eigenvalue weighted by molar-refractivity contribution is -0.139. The van der Waals surface area contributed by atoms with Crippen molar-refractivity contribution in [3.05, 3.63) is 24.3 Å². The summed E-state index contributed by atoms with van der Waals surface area (Å²) in [6.07, 6.45) is 0. The van der Waals surface area contributed by atoms with E-state index in [1.165, 1.54) is 0 Å². The maximum atomic E-state index is 12.8. The lowest BCUT2D eigenvalue weighted by Gasteiger charge is -2.41. The number of para-hydroxylation sites is 2. The third-order valence-corrected chi connectivity index (χ3v) is 17.1. The number of carbonyl (C=O) groups excluding carboxylic acids is 2. The predicted octanol–water partition coefficient (Wildman–Crippen LogP) is 6.71. The average Bonchev–Trinajstić information content (AvgIpc) is 2.67. The molecule has 6 nitrogen and oxygen atoms in total. The van der Waals surface area contributed by atoms with E-state index in [2.05, 4.69) is 62.3 Å². The average molecular weight is 497 g/mol. The van der Waals surface area contributed by atoms with Crippen LogP contribution in [0.2, 0.25) is 34.8 Å². The Bertz CT molecular complexity index is 775. The Labute approximate surface area is 202 Å². The van der Waals surface area contributed by atoms with E-state index in [-0.39, 0.29) is 24.2 Å². The van der Waals surface area contributed by atoms with E-state index in [0.29, 0.717) is 28.1 Å². The molecule has 0 N–H and O–H groups in total. The summed E-state index contributed by atoms with van der Waals surface area (Å²) in [6.45, 7) is 22.6. The van der Waals surface area contributed by atoms with Crippen molar-refractivity contribution in [1.29, 1.82) is 0 Å². The molecule has 0 aliphatic heterocycles. The molecule has 0 radical (unpaired) electrons. The first-order chi connectivity index (χ1) is 15.0. The second-order valence-corrected chi connectivity index (χ2v) is 21.2. The molecule has 1 aromatic rings. The van der Waals surface area contributed by atoms with Crippen LogP contribution in [0.25, 0.3) is 0 Å². The van der Waals surface area contributed by atoms with E-state index in [1.807, 2.05) is 13.1 Å². The van der Waals surface area contributed by atoms with E-state index in [1.54, 1.807) is 24.3 Å². The molecule has 1 rings (SSSR count). The number of hydrogen-bond donors (Lipinski definition) is 0. The summed E-state index contributed by atoms with van der Waals surface area (Å²) in [5.41, 5.74) is 0.886. The molecule has 0 aromatic heterocycles. The summed E-state index contributed by atoms with van der Waals surface area (Å²) < 4.78 is 23.3. The number of rotatable bonds is 11. The highest BCUT2D eigenvalue weighted by atomic mass is 28.4. The van der Waals surface area contributed by atoms with Crippen molar-refractivity contribution in [3.63, 3.8) is 0 Å². The number of hydrogen-bond acceptors (Lipinski definition) is 6. The smallest absolute Gasteiger partial charge is 0.330 e. The van der Waals surface area contributed by atoms with E-state index < -0.39 is 22.6 Å². The van der Waals surface area contributed by atoms with Crippen molar-refractivity contribution in [1.82, 2.24) is 0 Å². The first-order valence-electron chi connectivity index (χ1n) is 11.8. The molecule has 0 aliphatic rings. The molecular formula is C25H44O6Si2. The minimum Gasteiger partial charge on any atom is -0.517 e. The van der Waals surface area contributed by atoms with E-state index >= 15 is 0 Å². The molecule has 0 amide bonds. The molecule has 8 heteroatoms. The fraction of sp³-hybridized carbons (Fsp3) is 0.680. The van der Waals surface area contributed by atoms with Gasteiger partial charge in [0.2, 0.25) is 0 Å². The Balaban J connectivity index is 2.81. The van der Waals surface area contributed by atoms with Crippen LogP contribution < -0.4 is 9.47 Å². The van der Waals surface area contributed by atoms with Crippen molar-refractivity contribution in [3.8, 4) is 11.5 Å². The number of ether oxygens (including phenoxy) is 2. The molecule has 0 saturated heterocycles. The molecule has 0 heterocycles. The van der Waals surface area contributed by atoms with Crippen molar-refractivity contribution >= 4 is 28.6 Å². The Morgan fingerprint density at radius 1 is 0.758 bits per heavy atom. The van der Waals surface area contributed by atoms with Gasteiger partial charge in [-0.25, -0.2) is 9.59 Å². The van der Waals surface area contributed by atoms with Gasteiger partial charge in [-0.3, -0.25) is 0 Å². The summed E-state index contributed by atoms with van der Waals surface area (Å²) in [4.78, 5) is 25.1. The molecule has 0 spiro atoms. The van der Waals surface area contributed by atoms with Gasteiger partial charge in [-0.2, -0.15) is 0 Å². The minimum absolute atomic E-state index is 0.0788. The molecule has 0 fully saturated rings. The normalized spacial score (nSPS) is 12.8. The first-order valence-corrected chi connectivity index (χ1v) is 16.9. The van der Waals surface area contributed by atoms with Crippen LogP contribution in [0.15, 0.2) is 24.3 Å². The Kier molecular flexibility index (Phi) is 10.2. The lowest BCUT2D eigenvalue weighted by atomic mass is 10.2. The third kappa shape index (κ3) is 7.60. The zero-order chi connectivity index (χ0) is 25.6. The summed E-state index contributed by atoms with van der Waals surface area (Å²) in [7, 11) is -4.55. The lowest BCUT2D eigenvalue weighted by Crippen LogP contribution is -2.50. The fourth-order valence-corrected chi connectivity index (χ4v) is 10.1. The quantitative estimate of drug-likeness (QED) is 0.317. The first kappa shape index (κ1) is 29.2. The van der Waals surface area contributed by atoms with Gasteiger partial charge in [-0.15, -0.1) is 0 Å². The number of carbonyl (C=O) groups is 2. The SMILES string of the molecule is CC(C)[Si](OC(=O)COc1ccccc1OCC(=O)O[Si](C)(C)C(C)(C)C)(C(C)C)C(C)C. The fourth-order valence-electron chi connectivity index (χ4n) is 4.01. The second-order valence-electron chi connectivity index (χ2n) is 11.1. The van der Waals surface area contributed by atoms with Gasteiger partial charge in [-0.1, -0.05) is 74.4 Å². The topological polar surface area (TPSA) is 71.1 Å². The maximum Gasteiger partial charge on any atom is 0.330 e. The van der Waals surface area contributed by atoms with Gasteiger partial charge in [0.25, 0.3) is 16.6 Å². The molecule has 0 saturated carbocycles. The Morgan fingerprint density at radius 3 is 1.45 bits per heavy atom. The van der Waals surface area contributed by atoms with E-state index in [4.69, 9.17) is 18.3 Å². The highest BCUT2D eigenvalue weighted by Crippen LogP contribution is 2.42. The summed E-state index contributed by atoms with van der Waals surface area (Å²) in [5, 5.41) is -0.0788. The highest BCUT2D eigenvalue weighted by Gasteiger charge is 2.48. The van der Waals surface area contributed by atoms with Crippen LogP contribution >= 0.6 is 0 Å². The van der Waals surface area contributed by atoms with Gasteiger partial charge >= 0.3 is 11.9 Å². The standard InChI is InChI=1S/C25H44O6Si2/c1-18(2)33(19(3)4,20(5)6)31-24(27)17-29-22-15-13-12-14-21(22)28-16-23(26)30-32(10,11)25(7,8)9/h12-15,18-20H,16-17H2,1-11H3. The zero-order valence-electron chi connectivity index (χ0n) is 22.4. The van der Waals surface area contributed by atoms with Gasteiger partial charge in [0.05, 0.1) is 0 Å². The molecule has 0 atom stereocenters. The van der Waals surface area contributed by atoms with Crippen molar-refractivity contribution in [2.75, 3.05) is 13.2 Å². The number of benzene rings is 1. The monoisotopic (exact) mass is 496 g/mol. The van der Waals surface area contributed by atoms with E-state index in [0.717, 1.165) is 0 Å². The summed E-state index contributed by atoms with van der Waals surface area (Å²) >= 11 is 0. The van der Waals surface area contributed by atoms with Crippen molar-refractivity contribution < 1.29 is 27.9 Å². The van der Waals surface area contributed by atoms with Crippen LogP contribution in [-0.2, 0) is 18.4 Å². The molecule has 0 unspecified atom stereocenters. The predicted molar refractivity (Wildman–Crippen MR) is 138 cm³/mol. The molecule has 188 valence electrons. The molecule has 0 aliphatic carbocycles. The van der Waals surface area contributed by atoms with Gasteiger partial charge in [-0.05, 0) is 46.9 Å². The van der Waals surface area contributed by atoms with Crippen molar-refractivity contribution in [2.45, 2.75) is 97.1 Å². The van der Waals surface area contributed by atoms with Crippen LogP contribution in [0.4, 0.5) is 0 Å². The van der Waals surface area contributed by atoms with Gasteiger partial charge < -0.3 is 18.3 Å². The maximum absolute atomic E-state index is 12.8. The largest absolute Gasteiger partial charge is 0.517 e. The third-order valence-electron chi connectivity index (χ3n) is 6.71. The van der Waals surface area contributed by atoms with Gasteiger partial charge in [0.1, 0.15) is 0 Å². The highest BCUT2D eigenvalue weighted by molar-refractivity contribution is 6.79. The Hall–Kier alpha value is -1.81. The minimum atomic E-state index is -2.33. The van der Waals surface area contributed by atoms with Crippen LogP contribution in [0.3, 0.4) is 0 Å². The molecular weight excluding hydrogens is 452 g/mol. The summed E-state index contributed by atoms with van der Waals surface area (Å²) in [5.74, 6) is 0.000321. The van der Waals surface area contributed by atoms with Crippen LogP contribution in [0.5, 0.6) is 11.5 Å².